The molecule has 2 aliphatic rings. The van der Waals surface area contributed by atoms with Crippen LogP contribution in [0.25, 0.3) is 0 Å². The van der Waals surface area contributed by atoms with Gasteiger partial charge in [-0.3, -0.25) is 13.8 Å². The van der Waals surface area contributed by atoms with Crippen LogP contribution in [0, 0.1) is 0 Å². The SMILES string of the molecule is CC(C)n1cnc([C@@H]2CN(S(C)(=O)=O)c3ccc(C(=O)N4CCN(C)CC4)cc32)n1. The van der Waals surface area contributed by atoms with Crippen LogP contribution in [0.5, 0.6) is 0 Å². The largest absolute Gasteiger partial charge is 0.336 e. The first-order chi connectivity index (χ1) is 14.1. The van der Waals surface area contributed by atoms with E-state index in [2.05, 4.69) is 15.0 Å². The van der Waals surface area contributed by atoms with Gasteiger partial charge in [-0.05, 0) is 44.7 Å². The Morgan fingerprint density at radius 1 is 1.17 bits per heavy atom. The number of carbonyl (C=O) groups excluding carboxylic acids is 1. The predicted molar refractivity (Wildman–Crippen MR) is 114 cm³/mol. The van der Waals surface area contributed by atoms with E-state index >= 15 is 0 Å². The quantitative estimate of drug-likeness (QED) is 0.720. The number of likely N-dealkylation sites (N-methyl/N-ethyl adjacent to an activating group) is 1. The summed E-state index contributed by atoms with van der Waals surface area (Å²) in [5.74, 6) is 0.235. The van der Waals surface area contributed by atoms with Crippen LogP contribution in [-0.4, -0.2) is 84.9 Å². The minimum absolute atomic E-state index is 0.0249. The average Bonchev–Trinajstić information content (AvgIpc) is 3.32. The third kappa shape index (κ3) is 3.81. The van der Waals surface area contributed by atoms with Gasteiger partial charge in [0.15, 0.2) is 5.82 Å². The number of sulfonamides is 1. The molecule has 30 heavy (non-hydrogen) atoms. The number of piperazine rings is 1. The van der Waals surface area contributed by atoms with Crippen molar-refractivity contribution in [1.29, 1.82) is 0 Å². The number of nitrogens with zero attached hydrogens (tertiary/aromatic N) is 6. The molecule has 0 unspecified atom stereocenters. The summed E-state index contributed by atoms with van der Waals surface area (Å²) in [6, 6.07) is 5.43. The van der Waals surface area contributed by atoms with E-state index in [1.807, 2.05) is 31.9 Å². The molecule has 162 valence electrons. The number of benzene rings is 1. The molecule has 0 radical (unpaired) electrons. The molecule has 1 atom stereocenters. The van der Waals surface area contributed by atoms with Crippen molar-refractivity contribution in [1.82, 2.24) is 24.6 Å². The fourth-order valence-electron chi connectivity index (χ4n) is 3.98. The summed E-state index contributed by atoms with van der Waals surface area (Å²) in [5.41, 5.74) is 1.95. The fourth-order valence-corrected chi connectivity index (χ4v) is 4.92. The summed E-state index contributed by atoms with van der Waals surface area (Å²) < 4.78 is 27.9. The van der Waals surface area contributed by atoms with Gasteiger partial charge >= 0.3 is 0 Å². The number of rotatable bonds is 4. The number of amides is 1. The molecule has 2 aliphatic heterocycles. The standard InChI is InChI=1S/C20H28N6O3S/c1-14(2)25-13-21-19(22-25)17-12-26(30(4,28)29)18-6-5-15(11-16(17)18)20(27)24-9-7-23(3)8-10-24/h5-6,11,13-14,17H,7-10,12H2,1-4H3/t17-/m1/s1. The van der Waals surface area contributed by atoms with Gasteiger partial charge in [0.05, 0.1) is 17.9 Å². The second-order valence-corrected chi connectivity index (χ2v) is 10.3. The molecule has 0 bridgehead atoms. The number of carbonyl (C=O) groups is 1. The van der Waals surface area contributed by atoms with Crippen LogP contribution in [0.2, 0.25) is 0 Å². The highest BCUT2D eigenvalue weighted by Gasteiger charge is 2.37. The van der Waals surface area contributed by atoms with Crippen molar-refractivity contribution in [3.63, 3.8) is 0 Å². The highest BCUT2D eigenvalue weighted by Crippen LogP contribution is 2.41. The zero-order valence-corrected chi connectivity index (χ0v) is 18.6. The van der Waals surface area contributed by atoms with E-state index in [0.717, 1.165) is 18.7 Å². The van der Waals surface area contributed by atoms with E-state index in [1.54, 1.807) is 23.1 Å². The Morgan fingerprint density at radius 2 is 1.87 bits per heavy atom. The zero-order chi connectivity index (χ0) is 21.6. The number of hydrogen-bond donors (Lipinski definition) is 0. The summed E-state index contributed by atoms with van der Waals surface area (Å²) in [6.07, 6.45) is 2.87. The molecular formula is C20H28N6O3S. The normalized spacial score (nSPS) is 20.1. The van der Waals surface area contributed by atoms with Crippen molar-refractivity contribution in [3.05, 3.63) is 41.5 Å². The molecule has 1 aromatic carbocycles. The Balaban J connectivity index is 1.71. The van der Waals surface area contributed by atoms with Gasteiger partial charge in [0.25, 0.3) is 5.91 Å². The van der Waals surface area contributed by atoms with Gasteiger partial charge in [-0.25, -0.2) is 13.4 Å². The fraction of sp³-hybridized carbons (Fsp3) is 0.550. The molecule has 1 amide bonds. The van der Waals surface area contributed by atoms with Crippen molar-refractivity contribution < 1.29 is 13.2 Å². The third-order valence-electron chi connectivity index (χ3n) is 5.82. The molecule has 0 aliphatic carbocycles. The molecular weight excluding hydrogens is 404 g/mol. The second kappa shape index (κ2) is 7.66. The van der Waals surface area contributed by atoms with Gasteiger partial charge < -0.3 is 9.80 Å². The van der Waals surface area contributed by atoms with E-state index in [0.29, 0.717) is 30.2 Å². The molecule has 10 heteroatoms. The van der Waals surface area contributed by atoms with Crippen molar-refractivity contribution in [2.75, 3.05) is 50.3 Å². The van der Waals surface area contributed by atoms with Crippen LogP contribution >= 0.6 is 0 Å². The van der Waals surface area contributed by atoms with E-state index in [4.69, 9.17) is 0 Å². The van der Waals surface area contributed by atoms with Gasteiger partial charge in [-0.1, -0.05) is 0 Å². The van der Waals surface area contributed by atoms with E-state index < -0.39 is 10.0 Å². The van der Waals surface area contributed by atoms with Crippen LogP contribution in [0.1, 0.15) is 47.6 Å². The summed E-state index contributed by atoms with van der Waals surface area (Å²) in [4.78, 5) is 21.5. The summed E-state index contributed by atoms with van der Waals surface area (Å²) in [7, 11) is -1.41. The number of hydrogen-bond acceptors (Lipinski definition) is 6. The summed E-state index contributed by atoms with van der Waals surface area (Å²) in [6.45, 7) is 7.32. The van der Waals surface area contributed by atoms with Crippen molar-refractivity contribution >= 4 is 21.6 Å². The van der Waals surface area contributed by atoms with Crippen LogP contribution in [0.4, 0.5) is 5.69 Å². The summed E-state index contributed by atoms with van der Waals surface area (Å²) >= 11 is 0. The first-order valence-corrected chi connectivity index (χ1v) is 12.0. The molecule has 0 saturated carbocycles. The maximum absolute atomic E-state index is 13.1. The van der Waals surface area contributed by atoms with Crippen LogP contribution < -0.4 is 4.31 Å². The Labute approximate surface area is 177 Å². The van der Waals surface area contributed by atoms with E-state index in [9.17, 15) is 13.2 Å². The second-order valence-electron chi connectivity index (χ2n) is 8.39. The highest BCUT2D eigenvalue weighted by molar-refractivity contribution is 7.92. The topological polar surface area (TPSA) is 91.6 Å². The lowest BCUT2D eigenvalue weighted by molar-refractivity contribution is 0.0664. The zero-order valence-electron chi connectivity index (χ0n) is 17.8. The van der Waals surface area contributed by atoms with Gasteiger partial charge in [0.2, 0.25) is 10.0 Å². The van der Waals surface area contributed by atoms with Crippen molar-refractivity contribution in [2.24, 2.45) is 0 Å². The average molecular weight is 433 g/mol. The van der Waals surface area contributed by atoms with E-state index in [1.165, 1.54) is 10.6 Å². The molecule has 0 N–H and O–H groups in total. The number of fused-ring (bicyclic) bond motifs is 1. The minimum Gasteiger partial charge on any atom is -0.336 e. The van der Waals surface area contributed by atoms with Crippen molar-refractivity contribution in [2.45, 2.75) is 25.8 Å². The lowest BCUT2D eigenvalue weighted by Gasteiger charge is -2.32. The Kier molecular flexibility index (Phi) is 5.31. The molecule has 4 rings (SSSR count). The predicted octanol–water partition coefficient (Wildman–Crippen LogP) is 1.16. The van der Waals surface area contributed by atoms with Crippen LogP contribution in [0.15, 0.2) is 24.5 Å². The molecule has 1 fully saturated rings. The van der Waals surface area contributed by atoms with Gasteiger partial charge in [0.1, 0.15) is 6.33 Å². The van der Waals surface area contributed by atoms with E-state index in [-0.39, 0.29) is 24.4 Å². The van der Waals surface area contributed by atoms with Gasteiger partial charge in [-0.2, -0.15) is 5.10 Å². The maximum atomic E-state index is 13.1. The smallest absolute Gasteiger partial charge is 0.253 e. The van der Waals surface area contributed by atoms with Gasteiger partial charge in [0, 0.05) is 44.3 Å². The Bertz CT molecular complexity index is 1060. The Morgan fingerprint density at radius 3 is 2.47 bits per heavy atom. The third-order valence-corrected chi connectivity index (χ3v) is 6.97. The lowest BCUT2D eigenvalue weighted by atomic mass is 9.98. The monoisotopic (exact) mass is 432 g/mol. The Hall–Kier alpha value is -2.46. The molecule has 1 saturated heterocycles. The highest BCUT2D eigenvalue weighted by atomic mass is 32.2. The van der Waals surface area contributed by atoms with Crippen LogP contribution in [0.3, 0.4) is 0 Å². The number of anilines is 1. The first kappa shape index (κ1) is 20.8. The minimum atomic E-state index is -3.46. The maximum Gasteiger partial charge on any atom is 0.253 e. The molecule has 2 aromatic rings. The summed E-state index contributed by atoms with van der Waals surface area (Å²) in [5, 5.41) is 4.56. The van der Waals surface area contributed by atoms with Crippen molar-refractivity contribution in [3.8, 4) is 0 Å². The molecule has 9 nitrogen and oxygen atoms in total. The van der Waals surface area contributed by atoms with Crippen LogP contribution in [-0.2, 0) is 10.0 Å². The van der Waals surface area contributed by atoms with Gasteiger partial charge in [-0.15, -0.1) is 0 Å². The molecule has 0 spiro atoms. The first-order valence-electron chi connectivity index (χ1n) is 10.2. The lowest BCUT2D eigenvalue weighted by Crippen LogP contribution is -2.47. The molecule has 3 heterocycles. The number of aromatic nitrogens is 3. The molecule has 1 aromatic heterocycles.